The van der Waals surface area contributed by atoms with Crippen LogP contribution in [0.2, 0.25) is 0 Å². The van der Waals surface area contributed by atoms with Crippen molar-refractivity contribution < 1.29 is 14.7 Å². The van der Waals surface area contributed by atoms with Gasteiger partial charge in [0.2, 0.25) is 0 Å². The van der Waals surface area contributed by atoms with Crippen molar-refractivity contribution >= 4 is 23.6 Å². The van der Waals surface area contributed by atoms with Crippen LogP contribution in [0.3, 0.4) is 0 Å². The Bertz CT molecular complexity index is 444. The average Bonchev–Trinajstić information content (AvgIpc) is 2.73. The monoisotopic (exact) mass is 272 g/mol. The summed E-state index contributed by atoms with van der Waals surface area (Å²) in [6.07, 6.45) is 3.28. The topological polar surface area (TPSA) is 97.1 Å². The third-order valence-electron chi connectivity index (χ3n) is 2.30. The van der Waals surface area contributed by atoms with Crippen LogP contribution in [0.15, 0.2) is 6.20 Å². The first-order valence-electron chi connectivity index (χ1n) is 5.29. The lowest BCUT2D eigenvalue weighted by Gasteiger charge is -2.21. The molecule has 0 aliphatic rings. The molecule has 1 heterocycles. The molecule has 0 unspecified atom stereocenters. The number of amides is 1. The van der Waals surface area contributed by atoms with E-state index in [1.54, 1.807) is 11.8 Å². The number of carboxylic acid groups (broad SMARTS) is 1. The number of hydrogen-bond acceptors (Lipinski definition) is 5. The number of aliphatic carboxylic acids is 1. The zero-order valence-electron chi connectivity index (χ0n) is 10.5. The van der Waals surface area contributed by atoms with Gasteiger partial charge in [-0.2, -0.15) is 11.8 Å². The Morgan fingerprint density at radius 3 is 2.78 bits per heavy atom. The molecule has 0 aliphatic heterocycles. The maximum atomic E-state index is 11.7. The van der Waals surface area contributed by atoms with E-state index in [2.05, 4.69) is 15.6 Å². The van der Waals surface area contributed by atoms with Crippen molar-refractivity contribution in [3.8, 4) is 0 Å². The van der Waals surface area contributed by atoms with Crippen molar-refractivity contribution in [3.63, 3.8) is 0 Å². The molecule has 1 aromatic heterocycles. The number of nitrogens with zero attached hydrogens (tertiary/aromatic N) is 3. The van der Waals surface area contributed by atoms with Gasteiger partial charge in [0.25, 0.3) is 5.91 Å². The predicted octanol–water partition coefficient (Wildman–Crippen LogP) is 0.234. The van der Waals surface area contributed by atoms with Gasteiger partial charge in [-0.3, -0.25) is 9.59 Å². The Labute approximate surface area is 109 Å². The number of carboxylic acids is 1. The largest absolute Gasteiger partial charge is 0.480 e. The Balaban J connectivity index is 2.57. The Kier molecular flexibility index (Phi) is 4.71. The molecule has 0 saturated heterocycles. The molecule has 8 heteroatoms. The van der Waals surface area contributed by atoms with Gasteiger partial charge >= 0.3 is 5.97 Å². The molecular formula is C10H16N4O3S. The van der Waals surface area contributed by atoms with Crippen LogP contribution in [0, 0.1) is 0 Å². The lowest BCUT2D eigenvalue weighted by Crippen LogP contribution is -2.36. The van der Waals surface area contributed by atoms with Crippen LogP contribution in [-0.4, -0.2) is 49.5 Å². The molecule has 0 aromatic carbocycles. The summed E-state index contributed by atoms with van der Waals surface area (Å²) in [5.74, 6) is -1.39. The molecule has 100 valence electrons. The van der Waals surface area contributed by atoms with Crippen LogP contribution in [0.5, 0.6) is 0 Å². The quantitative estimate of drug-likeness (QED) is 0.769. The number of rotatable bonds is 6. The van der Waals surface area contributed by atoms with Crippen molar-refractivity contribution in [2.75, 3.05) is 12.8 Å². The molecule has 0 spiro atoms. The van der Waals surface area contributed by atoms with Crippen molar-refractivity contribution in [1.29, 1.82) is 0 Å². The fraction of sp³-hybridized carbons (Fsp3) is 0.600. The minimum atomic E-state index is -1.03. The van der Waals surface area contributed by atoms with Gasteiger partial charge in [-0.15, -0.1) is 5.10 Å². The summed E-state index contributed by atoms with van der Waals surface area (Å²) >= 11 is 1.64. The van der Waals surface area contributed by atoms with E-state index in [0.717, 1.165) is 4.68 Å². The fourth-order valence-electron chi connectivity index (χ4n) is 1.07. The number of nitrogens with one attached hydrogen (secondary N) is 1. The molecule has 0 bridgehead atoms. The maximum absolute atomic E-state index is 11.7. The number of hydrogen-bond donors (Lipinski definition) is 2. The van der Waals surface area contributed by atoms with Crippen molar-refractivity contribution in [1.82, 2.24) is 20.3 Å². The molecule has 1 amide bonds. The lowest BCUT2D eigenvalue weighted by molar-refractivity contribution is -0.137. The standard InChI is InChI=1S/C10H16N4O3S/c1-10(2,18-3)6-11-9(17)7-4-14(13-12-7)5-8(15)16/h4H,5-6H2,1-3H3,(H,11,17)(H,15,16). The van der Waals surface area contributed by atoms with E-state index >= 15 is 0 Å². The van der Waals surface area contributed by atoms with Crippen LogP contribution >= 0.6 is 11.8 Å². The second-order valence-corrected chi connectivity index (χ2v) is 5.86. The predicted molar refractivity (Wildman–Crippen MR) is 67.6 cm³/mol. The van der Waals surface area contributed by atoms with Gasteiger partial charge < -0.3 is 10.4 Å². The molecule has 7 nitrogen and oxygen atoms in total. The van der Waals surface area contributed by atoms with Gasteiger partial charge in [0.1, 0.15) is 6.54 Å². The van der Waals surface area contributed by atoms with Crippen LogP contribution in [-0.2, 0) is 11.3 Å². The molecular weight excluding hydrogens is 256 g/mol. The van der Waals surface area contributed by atoms with Gasteiger partial charge in [0.15, 0.2) is 5.69 Å². The first kappa shape index (κ1) is 14.5. The van der Waals surface area contributed by atoms with Gasteiger partial charge in [-0.25, -0.2) is 4.68 Å². The average molecular weight is 272 g/mol. The van der Waals surface area contributed by atoms with Gasteiger partial charge in [-0.05, 0) is 20.1 Å². The number of thioether (sulfide) groups is 1. The number of carbonyl (C=O) groups excluding carboxylic acids is 1. The molecule has 0 atom stereocenters. The first-order chi connectivity index (χ1) is 8.34. The van der Waals surface area contributed by atoms with Crippen molar-refractivity contribution in [2.24, 2.45) is 0 Å². The van der Waals surface area contributed by atoms with Crippen molar-refractivity contribution in [2.45, 2.75) is 25.1 Å². The zero-order chi connectivity index (χ0) is 13.8. The summed E-state index contributed by atoms with van der Waals surface area (Å²) in [4.78, 5) is 22.2. The van der Waals surface area contributed by atoms with Crippen LogP contribution in [0.1, 0.15) is 24.3 Å². The minimum Gasteiger partial charge on any atom is -0.480 e. The van der Waals surface area contributed by atoms with Gasteiger partial charge in [0, 0.05) is 11.3 Å². The van der Waals surface area contributed by atoms with Gasteiger partial charge in [0.05, 0.1) is 6.20 Å². The summed E-state index contributed by atoms with van der Waals surface area (Å²) in [7, 11) is 0. The Morgan fingerprint density at radius 2 is 2.22 bits per heavy atom. The SMILES string of the molecule is CSC(C)(C)CNC(=O)c1cn(CC(=O)O)nn1. The molecule has 0 fully saturated rings. The summed E-state index contributed by atoms with van der Waals surface area (Å²) in [6.45, 7) is 4.22. The second kappa shape index (κ2) is 5.85. The maximum Gasteiger partial charge on any atom is 0.325 e. The van der Waals surface area contributed by atoms with Crippen LogP contribution in [0.25, 0.3) is 0 Å². The normalized spacial score (nSPS) is 11.3. The van der Waals surface area contributed by atoms with Crippen LogP contribution in [0.4, 0.5) is 0 Å². The number of aromatic nitrogens is 3. The fourth-order valence-corrected chi connectivity index (χ4v) is 1.29. The molecule has 1 aromatic rings. The number of carbonyl (C=O) groups is 2. The van der Waals surface area contributed by atoms with E-state index in [1.165, 1.54) is 6.20 Å². The Hall–Kier alpha value is -1.57. The highest BCUT2D eigenvalue weighted by Gasteiger charge is 2.19. The second-order valence-electron chi connectivity index (χ2n) is 4.34. The first-order valence-corrected chi connectivity index (χ1v) is 6.52. The summed E-state index contributed by atoms with van der Waals surface area (Å²) in [5, 5.41) is 18.5. The molecule has 0 saturated carbocycles. The molecule has 2 N–H and O–H groups in total. The van der Waals surface area contributed by atoms with Crippen molar-refractivity contribution in [3.05, 3.63) is 11.9 Å². The van der Waals surface area contributed by atoms with Gasteiger partial charge in [-0.1, -0.05) is 5.21 Å². The third-order valence-corrected chi connectivity index (χ3v) is 3.55. The summed E-state index contributed by atoms with van der Waals surface area (Å²) in [5.41, 5.74) is 0.119. The highest BCUT2D eigenvalue weighted by atomic mass is 32.2. The third kappa shape index (κ3) is 4.36. The van der Waals surface area contributed by atoms with E-state index in [-0.39, 0.29) is 22.9 Å². The van der Waals surface area contributed by atoms with E-state index in [1.807, 2.05) is 20.1 Å². The summed E-state index contributed by atoms with van der Waals surface area (Å²) in [6, 6.07) is 0. The van der Waals surface area contributed by atoms with Crippen LogP contribution < -0.4 is 5.32 Å². The molecule has 1 rings (SSSR count). The van der Waals surface area contributed by atoms with E-state index in [0.29, 0.717) is 6.54 Å². The highest BCUT2D eigenvalue weighted by molar-refractivity contribution is 7.99. The minimum absolute atomic E-state index is 0.0628. The molecule has 0 radical (unpaired) electrons. The Morgan fingerprint density at radius 1 is 1.56 bits per heavy atom. The zero-order valence-corrected chi connectivity index (χ0v) is 11.3. The smallest absolute Gasteiger partial charge is 0.325 e. The lowest BCUT2D eigenvalue weighted by atomic mass is 10.2. The van der Waals surface area contributed by atoms with E-state index in [4.69, 9.17) is 5.11 Å². The molecule has 18 heavy (non-hydrogen) atoms. The van der Waals surface area contributed by atoms with E-state index < -0.39 is 5.97 Å². The summed E-state index contributed by atoms with van der Waals surface area (Å²) < 4.78 is 1.05. The molecule has 0 aliphatic carbocycles. The highest BCUT2D eigenvalue weighted by Crippen LogP contribution is 2.19. The van der Waals surface area contributed by atoms with E-state index in [9.17, 15) is 9.59 Å².